The summed E-state index contributed by atoms with van der Waals surface area (Å²) in [6.45, 7) is 0.600. The Morgan fingerprint density at radius 2 is 1.83 bits per heavy atom. The van der Waals surface area contributed by atoms with E-state index in [4.69, 9.17) is 9.47 Å². The maximum absolute atomic E-state index is 11.0. The number of sulfone groups is 1. The lowest BCUT2D eigenvalue weighted by Crippen LogP contribution is -2.09. The largest absolute Gasteiger partial charge is 0.493 e. The first kappa shape index (κ1) is 14.6. The van der Waals surface area contributed by atoms with Gasteiger partial charge in [-0.15, -0.1) is 0 Å². The third kappa shape index (κ3) is 4.83. The van der Waals surface area contributed by atoms with Crippen LogP contribution in [0.15, 0.2) is 18.2 Å². The number of anilines is 1. The Labute approximate surface area is 108 Å². The van der Waals surface area contributed by atoms with E-state index >= 15 is 0 Å². The molecule has 5 nitrogen and oxygen atoms in total. The van der Waals surface area contributed by atoms with Gasteiger partial charge in [0.25, 0.3) is 0 Å². The van der Waals surface area contributed by atoms with Crippen molar-refractivity contribution >= 4 is 15.5 Å². The molecule has 1 rings (SSSR count). The van der Waals surface area contributed by atoms with E-state index in [1.54, 1.807) is 20.3 Å². The highest BCUT2D eigenvalue weighted by Crippen LogP contribution is 2.29. The van der Waals surface area contributed by atoms with Crippen molar-refractivity contribution in [2.45, 2.75) is 6.42 Å². The molecule has 0 amide bonds. The highest BCUT2D eigenvalue weighted by molar-refractivity contribution is 7.90. The van der Waals surface area contributed by atoms with Crippen molar-refractivity contribution in [1.29, 1.82) is 0 Å². The lowest BCUT2D eigenvalue weighted by Gasteiger charge is -2.11. The molecule has 0 aliphatic carbocycles. The lowest BCUT2D eigenvalue weighted by atomic mass is 10.2. The molecule has 1 aromatic rings. The molecule has 18 heavy (non-hydrogen) atoms. The predicted octanol–water partition coefficient (Wildman–Crippen LogP) is 1.55. The quantitative estimate of drug-likeness (QED) is 0.764. The van der Waals surface area contributed by atoms with Crippen LogP contribution in [0.5, 0.6) is 11.5 Å². The zero-order valence-corrected chi connectivity index (χ0v) is 11.7. The van der Waals surface area contributed by atoms with Gasteiger partial charge in [0.1, 0.15) is 9.84 Å². The van der Waals surface area contributed by atoms with Crippen molar-refractivity contribution in [3.05, 3.63) is 18.2 Å². The van der Waals surface area contributed by atoms with Gasteiger partial charge < -0.3 is 14.8 Å². The summed E-state index contributed by atoms with van der Waals surface area (Å²) in [5, 5.41) is 3.14. The smallest absolute Gasteiger partial charge is 0.162 e. The first-order chi connectivity index (χ1) is 8.46. The minimum atomic E-state index is -2.89. The molecule has 0 heterocycles. The summed E-state index contributed by atoms with van der Waals surface area (Å²) < 4.78 is 32.2. The highest BCUT2D eigenvalue weighted by Gasteiger charge is 2.05. The number of rotatable bonds is 7. The van der Waals surface area contributed by atoms with Gasteiger partial charge in [0.2, 0.25) is 0 Å². The topological polar surface area (TPSA) is 64.6 Å². The van der Waals surface area contributed by atoms with Crippen LogP contribution in [0, 0.1) is 0 Å². The SMILES string of the molecule is COc1ccc(NCCCS(C)(=O)=O)cc1OC. The average molecular weight is 273 g/mol. The first-order valence-corrected chi connectivity index (χ1v) is 7.66. The van der Waals surface area contributed by atoms with E-state index in [1.807, 2.05) is 12.1 Å². The van der Waals surface area contributed by atoms with Crippen LogP contribution < -0.4 is 14.8 Å². The standard InChI is InChI=1S/C12H19NO4S/c1-16-11-6-5-10(9-12(11)17-2)13-7-4-8-18(3,14)15/h5-6,9,13H,4,7-8H2,1-3H3. The Bertz CT molecular complexity index is 485. The van der Waals surface area contributed by atoms with Gasteiger partial charge in [0, 0.05) is 24.6 Å². The summed E-state index contributed by atoms with van der Waals surface area (Å²) >= 11 is 0. The second-order valence-corrected chi connectivity index (χ2v) is 6.24. The van der Waals surface area contributed by atoms with E-state index in [2.05, 4.69) is 5.32 Å². The summed E-state index contributed by atoms with van der Waals surface area (Å²) in [5.41, 5.74) is 0.876. The Balaban J connectivity index is 2.53. The molecule has 1 aromatic carbocycles. The van der Waals surface area contributed by atoms with Gasteiger partial charge in [-0.25, -0.2) is 8.42 Å². The van der Waals surface area contributed by atoms with Gasteiger partial charge in [0.05, 0.1) is 20.0 Å². The van der Waals surface area contributed by atoms with Crippen molar-refractivity contribution in [3.63, 3.8) is 0 Å². The molecule has 0 atom stereocenters. The van der Waals surface area contributed by atoms with E-state index in [0.29, 0.717) is 24.5 Å². The first-order valence-electron chi connectivity index (χ1n) is 5.60. The number of nitrogens with one attached hydrogen (secondary N) is 1. The van der Waals surface area contributed by atoms with Gasteiger partial charge >= 0.3 is 0 Å². The van der Waals surface area contributed by atoms with Gasteiger partial charge in [-0.1, -0.05) is 0 Å². The molecule has 6 heteroatoms. The van der Waals surface area contributed by atoms with Crippen molar-refractivity contribution in [3.8, 4) is 11.5 Å². The third-order valence-electron chi connectivity index (χ3n) is 2.40. The summed E-state index contributed by atoms with van der Waals surface area (Å²) in [6.07, 6.45) is 1.82. The van der Waals surface area contributed by atoms with Crippen LogP contribution in [0.4, 0.5) is 5.69 Å². The normalized spacial score (nSPS) is 11.1. The molecule has 0 saturated carbocycles. The number of methoxy groups -OCH3 is 2. The summed E-state index contributed by atoms with van der Waals surface area (Å²) in [4.78, 5) is 0. The molecule has 1 N–H and O–H groups in total. The van der Waals surface area contributed by atoms with E-state index in [9.17, 15) is 8.42 Å². The van der Waals surface area contributed by atoms with Crippen LogP contribution in [0.1, 0.15) is 6.42 Å². The molecule has 0 aliphatic rings. The van der Waals surface area contributed by atoms with E-state index < -0.39 is 9.84 Å². The van der Waals surface area contributed by atoms with Crippen LogP contribution in [-0.2, 0) is 9.84 Å². The fourth-order valence-corrected chi connectivity index (χ4v) is 2.18. The third-order valence-corrected chi connectivity index (χ3v) is 3.43. The molecule has 0 aliphatic heterocycles. The minimum absolute atomic E-state index is 0.188. The zero-order valence-electron chi connectivity index (χ0n) is 10.9. The molecule has 0 bridgehead atoms. The van der Waals surface area contributed by atoms with Crippen molar-refractivity contribution < 1.29 is 17.9 Å². The molecule has 0 radical (unpaired) electrons. The maximum atomic E-state index is 11.0. The molecular formula is C12H19NO4S. The number of hydrogen-bond acceptors (Lipinski definition) is 5. The van der Waals surface area contributed by atoms with Crippen LogP contribution in [0.2, 0.25) is 0 Å². The summed E-state index contributed by atoms with van der Waals surface area (Å²) in [5.74, 6) is 1.50. The van der Waals surface area contributed by atoms with Crippen molar-refractivity contribution in [1.82, 2.24) is 0 Å². The molecular weight excluding hydrogens is 254 g/mol. The average Bonchev–Trinajstić information content (AvgIpc) is 2.33. The Kier molecular flexibility index (Phi) is 5.27. The van der Waals surface area contributed by atoms with Gasteiger partial charge in [-0.3, -0.25) is 0 Å². The number of benzene rings is 1. The number of ether oxygens (including phenoxy) is 2. The predicted molar refractivity (Wildman–Crippen MR) is 72.4 cm³/mol. The van der Waals surface area contributed by atoms with E-state index in [0.717, 1.165) is 5.69 Å². The number of hydrogen-bond donors (Lipinski definition) is 1. The monoisotopic (exact) mass is 273 g/mol. The molecule has 0 spiro atoms. The Hall–Kier alpha value is -1.43. The molecule has 0 saturated heterocycles. The van der Waals surface area contributed by atoms with Gasteiger partial charge in [-0.05, 0) is 18.6 Å². The van der Waals surface area contributed by atoms with Crippen molar-refractivity contribution in [2.75, 3.05) is 38.1 Å². The van der Waals surface area contributed by atoms with Crippen LogP contribution in [0.25, 0.3) is 0 Å². The summed E-state index contributed by atoms with van der Waals surface area (Å²) in [6, 6.07) is 5.48. The van der Waals surface area contributed by atoms with Crippen molar-refractivity contribution in [2.24, 2.45) is 0 Å². The Morgan fingerprint density at radius 1 is 1.17 bits per heavy atom. The molecule has 0 aromatic heterocycles. The van der Waals surface area contributed by atoms with Crippen LogP contribution in [-0.4, -0.2) is 41.2 Å². The van der Waals surface area contributed by atoms with Gasteiger partial charge in [0.15, 0.2) is 11.5 Å². The van der Waals surface area contributed by atoms with Crippen LogP contribution in [0.3, 0.4) is 0 Å². The summed E-state index contributed by atoms with van der Waals surface area (Å²) in [7, 11) is 0.268. The highest BCUT2D eigenvalue weighted by atomic mass is 32.2. The van der Waals surface area contributed by atoms with Gasteiger partial charge in [-0.2, -0.15) is 0 Å². The molecule has 0 fully saturated rings. The Morgan fingerprint density at radius 3 is 2.39 bits per heavy atom. The maximum Gasteiger partial charge on any atom is 0.162 e. The zero-order chi connectivity index (χ0) is 13.6. The van der Waals surface area contributed by atoms with Crippen LogP contribution >= 0.6 is 0 Å². The fourth-order valence-electron chi connectivity index (χ4n) is 1.51. The molecule has 102 valence electrons. The molecule has 0 unspecified atom stereocenters. The second kappa shape index (κ2) is 6.49. The fraction of sp³-hybridized carbons (Fsp3) is 0.500. The minimum Gasteiger partial charge on any atom is -0.493 e. The lowest BCUT2D eigenvalue weighted by molar-refractivity contribution is 0.355. The van der Waals surface area contributed by atoms with E-state index in [1.165, 1.54) is 6.26 Å². The second-order valence-electron chi connectivity index (χ2n) is 3.98. The van der Waals surface area contributed by atoms with E-state index in [-0.39, 0.29) is 5.75 Å².